The SMILES string of the molecule is NC(=O)Cc1c(-c2ccccc2)[nH]c2ccc(Br)cc12. The van der Waals surface area contributed by atoms with Crippen molar-refractivity contribution in [2.24, 2.45) is 5.73 Å². The largest absolute Gasteiger partial charge is 0.369 e. The van der Waals surface area contributed by atoms with Crippen LogP contribution in [0.3, 0.4) is 0 Å². The molecule has 100 valence electrons. The van der Waals surface area contributed by atoms with Gasteiger partial charge >= 0.3 is 0 Å². The van der Waals surface area contributed by atoms with Crippen LogP contribution in [0.25, 0.3) is 22.2 Å². The zero-order valence-corrected chi connectivity index (χ0v) is 12.3. The molecule has 0 aliphatic rings. The maximum absolute atomic E-state index is 11.4. The third-order valence-electron chi connectivity index (χ3n) is 3.28. The summed E-state index contributed by atoms with van der Waals surface area (Å²) in [5.41, 5.74) is 9.35. The first-order chi connectivity index (χ1) is 9.65. The van der Waals surface area contributed by atoms with E-state index in [0.717, 1.165) is 32.2 Å². The van der Waals surface area contributed by atoms with Gasteiger partial charge in [0.1, 0.15) is 0 Å². The van der Waals surface area contributed by atoms with Gasteiger partial charge in [-0.15, -0.1) is 0 Å². The summed E-state index contributed by atoms with van der Waals surface area (Å²) in [6.07, 6.45) is 0.223. The molecule has 3 N–H and O–H groups in total. The lowest BCUT2D eigenvalue weighted by Crippen LogP contribution is -2.13. The van der Waals surface area contributed by atoms with Crippen LogP contribution < -0.4 is 5.73 Å². The second-order valence-electron chi connectivity index (χ2n) is 4.68. The monoisotopic (exact) mass is 328 g/mol. The molecule has 0 bridgehead atoms. The molecule has 4 heteroatoms. The van der Waals surface area contributed by atoms with Gasteiger partial charge in [0, 0.05) is 15.4 Å². The Morgan fingerprint density at radius 1 is 1.15 bits per heavy atom. The molecule has 3 nitrogen and oxygen atoms in total. The third kappa shape index (κ3) is 2.34. The molecule has 1 aromatic heterocycles. The number of primary amides is 1. The van der Waals surface area contributed by atoms with Gasteiger partial charge in [0.2, 0.25) is 5.91 Å². The predicted octanol–water partition coefficient (Wildman–Crippen LogP) is 3.63. The van der Waals surface area contributed by atoms with E-state index in [1.807, 2.05) is 48.5 Å². The van der Waals surface area contributed by atoms with Gasteiger partial charge in [-0.2, -0.15) is 0 Å². The molecular formula is C16H13BrN2O. The van der Waals surface area contributed by atoms with Crippen LogP contribution in [0.15, 0.2) is 53.0 Å². The van der Waals surface area contributed by atoms with Crippen LogP contribution in [-0.4, -0.2) is 10.9 Å². The molecule has 0 unspecified atom stereocenters. The minimum Gasteiger partial charge on any atom is -0.369 e. The quantitative estimate of drug-likeness (QED) is 0.757. The Hall–Kier alpha value is -2.07. The number of aromatic nitrogens is 1. The van der Waals surface area contributed by atoms with Crippen LogP contribution in [0.1, 0.15) is 5.56 Å². The number of carbonyl (C=O) groups is 1. The predicted molar refractivity (Wildman–Crippen MR) is 84.3 cm³/mol. The number of benzene rings is 2. The van der Waals surface area contributed by atoms with Crippen LogP contribution in [0.5, 0.6) is 0 Å². The Morgan fingerprint density at radius 3 is 2.60 bits per heavy atom. The van der Waals surface area contributed by atoms with Gasteiger partial charge in [-0.25, -0.2) is 0 Å². The minimum atomic E-state index is -0.331. The van der Waals surface area contributed by atoms with Crippen molar-refractivity contribution in [3.05, 3.63) is 58.6 Å². The van der Waals surface area contributed by atoms with Crippen LogP contribution in [0.2, 0.25) is 0 Å². The summed E-state index contributed by atoms with van der Waals surface area (Å²) in [5.74, 6) is -0.331. The number of H-pyrrole nitrogens is 1. The van der Waals surface area contributed by atoms with E-state index in [9.17, 15) is 4.79 Å². The average Bonchev–Trinajstić information content (AvgIpc) is 2.77. The van der Waals surface area contributed by atoms with Gasteiger partial charge < -0.3 is 10.7 Å². The number of nitrogens with two attached hydrogens (primary N) is 1. The number of halogens is 1. The van der Waals surface area contributed by atoms with Crippen molar-refractivity contribution in [3.63, 3.8) is 0 Å². The Kier molecular flexibility index (Phi) is 3.32. The number of hydrogen-bond donors (Lipinski definition) is 2. The molecule has 0 fully saturated rings. The molecule has 3 rings (SSSR count). The number of fused-ring (bicyclic) bond motifs is 1. The highest BCUT2D eigenvalue weighted by atomic mass is 79.9. The molecule has 0 aliphatic heterocycles. The van der Waals surface area contributed by atoms with E-state index in [-0.39, 0.29) is 12.3 Å². The third-order valence-corrected chi connectivity index (χ3v) is 3.77. The topological polar surface area (TPSA) is 58.9 Å². The van der Waals surface area contributed by atoms with Crippen molar-refractivity contribution in [2.75, 3.05) is 0 Å². The number of aromatic amines is 1. The van der Waals surface area contributed by atoms with Crippen molar-refractivity contribution in [2.45, 2.75) is 6.42 Å². The lowest BCUT2D eigenvalue weighted by atomic mass is 10.0. The van der Waals surface area contributed by atoms with E-state index in [1.54, 1.807) is 0 Å². The fraction of sp³-hybridized carbons (Fsp3) is 0.0625. The van der Waals surface area contributed by atoms with Crippen molar-refractivity contribution in [3.8, 4) is 11.3 Å². The van der Waals surface area contributed by atoms with E-state index < -0.39 is 0 Å². The van der Waals surface area contributed by atoms with Gasteiger partial charge in [0.15, 0.2) is 0 Å². The standard InChI is InChI=1S/C16H13BrN2O/c17-11-6-7-14-12(8-11)13(9-15(18)20)16(19-14)10-4-2-1-3-5-10/h1-8,19H,9H2,(H2,18,20). The van der Waals surface area contributed by atoms with E-state index in [1.165, 1.54) is 0 Å². The summed E-state index contributed by atoms with van der Waals surface area (Å²) in [4.78, 5) is 14.8. The zero-order chi connectivity index (χ0) is 14.1. The van der Waals surface area contributed by atoms with E-state index in [4.69, 9.17) is 5.73 Å². The second-order valence-corrected chi connectivity index (χ2v) is 5.59. The first-order valence-corrected chi connectivity index (χ1v) is 7.08. The number of amides is 1. The summed E-state index contributed by atoms with van der Waals surface area (Å²) in [6, 6.07) is 15.9. The number of nitrogens with one attached hydrogen (secondary N) is 1. The van der Waals surface area contributed by atoms with E-state index in [2.05, 4.69) is 20.9 Å². The zero-order valence-electron chi connectivity index (χ0n) is 10.7. The Morgan fingerprint density at radius 2 is 1.90 bits per heavy atom. The molecule has 0 radical (unpaired) electrons. The lowest BCUT2D eigenvalue weighted by molar-refractivity contribution is -0.117. The summed E-state index contributed by atoms with van der Waals surface area (Å²) >= 11 is 3.47. The summed E-state index contributed by atoms with van der Waals surface area (Å²) in [7, 11) is 0. The highest BCUT2D eigenvalue weighted by Crippen LogP contribution is 2.32. The molecule has 0 saturated heterocycles. The van der Waals surface area contributed by atoms with Crippen molar-refractivity contribution in [1.29, 1.82) is 0 Å². The Labute approximate surface area is 124 Å². The molecule has 1 amide bonds. The van der Waals surface area contributed by atoms with Crippen molar-refractivity contribution in [1.82, 2.24) is 4.98 Å². The summed E-state index contributed by atoms with van der Waals surface area (Å²) in [5, 5.41) is 1.03. The van der Waals surface area contributed by atoms with Gasteiger partial charge in [-0.1, -0.05) is 46.3 Å². The first-order valence-electron chi connectivity index (χ1n) is 6.29. The number of hydrogen-bond acceptors (Lipinski definition) is 1. The van der Waals surface area contributed by atoms with Crippen molar-refractivity contribution < 1.29 is 4.79 Å². The van der Waals surface area contributed by atoms with Crippen LogP contribution in [-0.2, 0) is 11.2 Å². The summed E-state index contributed by atoms with van der Waals surface area (Å²) < 4.78 is 0.981. The van der Waals surface area contributed by atoms with Gasteiger partial charge in [0.25, 0.3) is 0 Å². The lowest BCUT2D eigenvalue weighted by Gasteiger charge is -2.03. The Balaban J connectivity index is 2.28. The van der Waals surface area contributed by atoms with E-state index >= 15 is 0 Å². The maximum atomic E-state index is 11.4. The number of carbonyl (C=O) groups excluding carboxylic acids is 1. The summed E-state index contributed by atoms with van der Waals surface area (Å²) in [6.45, 7) is 0. The van der Waals surface area contributed by atoms with Gasteiger partial charge in [-0.3, -0.25) is 4.79 Å². The molecule has 0 saturated carbocycles. The van der Waals surface area contributed by atoms with Crippen LogP contribution >= 0.6 is 15.9 Å². The smallest absolute Gasteiger partial charge is 0.221 e. The molecule has 0 spiro atoms. The van der Waals surface area contributed by atoms with Crippen molar-refractivity contribution >= 4 is 32.7 Å². The Bertz CT molecular complexity index is 778. The van der Waals surface area contributed by atoms with Gasteiger partial charge in [0.05, 0.1) is 12.1 Å². The highest BCUT2D eigenvalue weighted by molar-refractivity contribution is 9.10. The fourth-order valence-electron chi connectivity index (χ4n) is 2.43. The number of rotatable bonds is 3. The molecule has 3 aromatic rings. The second kappa shape index (κ2) is 5.13. The normalized spacial score (nSPS) is 10.8. The first kappa shape index (κ1) is 12.9. The highest BCUT2D eigenvalue weighted by Gasteiger charge is 2.15. The molecule has 2 aromatic carbocycles. The molecular weight excluding hydrogens is 316 g/mol. The van der Waals surface area contributed by atoms with Crippen LogP contribution in [0.4, 0.5) is 0 Å². The van der Waals surface area contributed by atoms with E-state index in [0.29, 0.717) is 0 Å². The fourth-order valence-corrected chi connectivity index (χ4v) is 2.79. The molecule has 0 atom stereocenters. The maximum Gasteiger partial charge on any atom is 0.221 e. The van der Waals surface area contributed by atoms with Gasteiger partial charge in [-0.05, 0) is 29.3 Å². The molecule has 0 aliphatic carbocycles. The van der Waals surface area contributed by atoms with Crippen LogP contribution in [0, 0.1) is 0 Å². The molecule has 20 heavy (non-hydrogen) atoms. The molecule has 1 heterocycles. The minimum absolute atomic E-state index is 0.223. The average molecular weight is 329 g/mol.